The lowest BCUT2D eigenvalue weighted by molar-refractivity contribution is -0.274. The second-order valence-corrected chi connectivity index (χ2v) is 10.1. The van der Waals surface area contributed by atoms with Gasteiger partial charge in [-0.3, -0.25) is 4.79 Å². The van der Waals surface area contributed by atoms with Gasteiger partial charge in [-0.25, -0.2) is 0 Å². The predicted octanol–water partition coefficient (Wildman–Crippen LogP) is 7.06. The first-order valence-electron chi connectivity index (χ1n) is 11.8. The fourth-order valence-corrected chi connectivity index (χ4v) is 4.99. The highest BCUT2D eigenvalue weighted by atomic mass is 32.2. The van der Waals surface area contributed by atoms with Crippen LogP contribution in [0.3, 0.4) is 0 Å². The third kappa shape index (κ3) is 8.14. The fraction of sp³-hybridized carbons (Fsp3) is 0.214. The van der Waals surface area contributed by atoms with Gasteiger partial charge in [0.05, 0.1) is 0 Å². The van der Waals surface area contributed by atoms with Gasteiger partial charge in [0.15, 0.2) is 11.5 Å². The first kappa shape index (κ1) is 28.3. The van der Waals surface area contributed by atoms with E-state index in [2.05, 4.69) is 4.74 Å². The number of aliphatic carboxylic acids is 1. The lowest BCUT2D eigenvalue weighted by Gasteiger charge is -2.20. The number of ether oxygens (including phenoxy) is 3. The van der Waals surface area contributed by atoms with Crippen LogP contribution >= 0.6 is 24.0 Å². The molecule has 6 nitrogen and oxygen atoms in total. The van der Waals surface area contributed by atoms with Gasteiger partial charge in [0, 0.05) is 11.4 Å². The van der Waals surface area contributed by atoms with Crippen molar-refractivity contribution in [2.24, 2.45) is 0 Å². The molecule has 0 spiro atoms. The second kappa shape index (κ2) is 12.4. The van der Waals surface area contributed by atoms with E-state index in [9.17, 15) is 23.1 Å². The number of rotatable bonds is 10. The highest BCUT2D eigenvalue weighted by molar-refractivity contribution is 8.23. The van der Waals surface area contributed by atoms with E-state index >= 15 is 0 Å². The highest BCUT2D eigenvalue weighted by Gasteiger charge is 2.31. The monoisotopic (exact) mass is 575 g/mol. The van der Waals surface area contributed by atoms with Gasteiger partial charge in [-0.05, 0) is 54.0 Å². The summed E-state index contributed by atoms with van der Waals surface area (Å²) in [4.78, 5) is 12.9. The summed E-state index contributed by atoms with van der Waals surface area (Å²) < 4.78 is 54.0. The molecule has 1 unspecified atom stereocenters. The van der Waals surface area contributed by atoms with E-state index in [1.807, 2.05) is 49.4 Å². The van der Waals surface area contributed by atoms with Crippen LogP contribution in [0.25, 0.3) is 6.08 Å². The van der Waals surface area contributed by atoms with Gasteiger partial charge >= 0.3 is 12.3 Å². The minimum Gasteiger partial charge on any atom is -0.485 e. The largest absolute Gasteiger partial charge is 0.573 e. The van der Waals surface area contributed by atoms with Crippen molar-refractivity contribution in [1.29, 1.82) is 0 Å². The maximum atomic E-state index is 12.4. The molecule has 0 amide bonds. The molecule has 1 aliphatic heterocycles. The molecular weight excluding hydrogens is 551 g/mol. The molecule has 0 aliphatic carbocycles. The van der Waals surface area contributed by atoms with Crippen LogP contribution in [0.4, 0.5) is 13.2 Å². The van der Waals surface area contributed by atoms with Gasteiger partial charge in [-0.2, -0.15) is 0 Å². The second-order valence-electron chi connectivity index (χ2n) is 8.53. The molecule has 3 aromatic rings. The first-order valence-corrected chi connectivity index (χ1v) is 13.2. The summed E-state index contributed by atoms with van der Waals surface area (Å²) in [6.07, 6.45) is -3.21. The van der Waals surface area contributed by atoms with Crippen LogP contribution in [0.1, 0.15) is 29.7 Å². The Balaban J connectivity index is 1.57. The Labute approximate surface area is 233 Å². The summed E-state index contributed by atoms with van der Waals surface area (Å²) in [6.45, 7) is 1.77. The topological polar surface area (TPSA) is 68.2 Å². The zero-order valence-electron chi connectivity index (χ0n) is 20.7. The SMILES string of the molecule is CC(Oc1cc(/C=C2\CSC(=S)N2CC(=O)O)ccc1OCc1ccc(OC(F)(F)F)cc1)c1ccccc1. The van der Waals surface area contributed by atoms with Crippen LogP contribution in [0, 0.1) is 0 Å². The molecule has 1 heterocycles. The highest BCUT2D eigenvalue weighted by Crippen LogP contribution is 2.35. The van der Waals surface area contributed by atoms with Crippen LogP contribution in [-0.4, -0.2) is 39.0 Å². The average Bonchev–Trinajstić information content (AvgIpc) is 3.22. The molecule has 11 heteroatoms. The van der Waals surface area contributed by atoms with Gasteiger partial charge in [0.1, 0.15) is 29.3 Å². The minimum absolute atomic E-state index is 0.0834. The van der Waals surface area contributed by atoms with Gasteiger partial charge < -0.3 is 24.2 Å². The van der Waals surface area contributed by atoms with Crippen LogP contribution in [-0.2, 0) is 11.4 Å². The number of alkyl halides is 3. The number of benzene rings is 3. The Kier molecular flexibility index (Phi) is 9.03. The molecule has 1 atom stereocenters. The van der Waals surface area contributed by atoms with Crippen molar-refractivity contribution < 1.29 is 37.3 Å². The summed E-state index contributed by atoms with van der Waals surface area (Å²) in [5, 5.41) is 9.25. The zero-order chi connectivity index (χ0) is 28.0. The predicted molar refractivity (Wildman–Crippen MR) is 147 cm³/mol. The van der Waals surface area contributed by atoms with E-state index in [0.29, 0.717) is 27.1 Å². The molecule has 39 heavy (non-hydrogen) atoms. The maximum absolute atomic E-state index is 12.4. The number of carboxylic acids is 1. The number of hydrogen-bond acceptors (Lipinski definition) is 6. The van der Waals surface area contributed by atoms with Crippen molar-refractivity contribution in [3.05, 3.63) is 95.2 Å². The Morgan fingerprint density at radius 3 is 2.49 bits per heavy atom. The number of thioether (sulfide) groups is 1. The first-order chi connectivity index (χ1) is 18.6. The molecule has 1 saturated heterocycles. The number of nitrogens with zero attached hydrogens (tertiary/aromatic N) is 1. The van der Waals surface area contributed by atoms with E-state index < -0.39 is 12.3 Å². The molecule has 0 aromatic heterocycles. The Hall–Kier alpha value is -3.70. The van der Waals surface area contributed by atoms with Gasteiger partial charge in [-0.1, -0.05) is 72.5 Å². The third-order valence-corrected chi connectivity index (χ3v) is 7.11. The Bertz CT molecular complexity index is 1350. The molecular formula is C28H24F3NO5S2. The molecule has 3 aromatic carbocycles. The average molecular weight is 576 g/mol. The molecule has 0 saturated carbocycles. The van der Waals surface area contributed by atoms with Crippen molar-refractivity contribution in [2.45, 2.75) is 26.0 Å². The van der Waals surface area contributed by atoms with E-state index in [-0.39, 0.29) is 25.0 Å². The molecule has 204 valence electrons. The lowest BCUT2D eigenvalue weighted by Crippen LogP contribution is -2.28. The standard InChI is InChI=1S/C28H24F3NO5S2/c1-18(21-5-3-2-4-6-21)36-25-14-20(13-22-17-39-27(38)32(22)15-26(33)34)9-12-24(25)35-16-19-7-10-23(11-8-19)37-28(29,30)31/h2-14,18H,15-17H2,1H3,(H,33,34)/b22-13+. The summed E-state index contributed by atoms with van der Waals surface area (Å²) in [7, 11) is 0. The van der Waals surface area contributed by atoms with E-state index in [1.54, 1.807) is 17.0 Å². The van der Waals surface area contributed by atoms with Crippen molar-refractivity contribution in [3.63, 3.8) is 0 Å². The molecule has 0 bridgehead atoms. The van der Waals surface area contributed by atoms with E-state index in [4.69, 9.17) is 21.7 Å². The van der Waals surface area contributed by atoms with E-state index in [1.165, 1.54) is 36.0 Å². The van der Waals surface area contributed by atoms with Gasteiger partial charge in [0.25, 0.3) is 0 Å². The Morgan fingerprint density at radius 2 is 1.82 bits per heavy atom. The van der Waals surface area contributed by atoms with Gasteiger partial charge in [0.2, 0.25) is 0 Å². The van der Waals surface area contributed by atoms with Crippen LogP contribution in [0.2, 0.25) is 0 Å². The number of carboxylic acid groups (broad SMARTS) is 1. The quantitative estimate of drug-likeness (QED) is 0.258. The molecule has 1 fully saturated rings. The van der Waals surface area contributed by atoms with Crippen LogP contribution < -0.4 is 14.2 Å². The third-order valence-electron chi connectivity index (χ3n) is 5.63. The van der Waals surface area contributed by atoms with Crippen molar-refractivity contribution in [1.82, 2.24) is 4.90 Å². The number of halogens is 3. The van der Waals surface area contributed by atoms with Gasteiger partial charge in [-0.15, -0.1) is 13.2 Å². The summed E-state index contributed by atoms with van der Waals surface area (Å²) in [5.41, 5.74) is 3.13. The molecule has 4 rings (SSSR count). The number of carbonyl (C=O) groups is 1. The number of hydrogen-bond donors (Lipinski definition) is 1. The fourth-order valence-electron chi connectivity index (χ4n) is 3.78. The smallest absolute Gasteiger partial charge is 0.485 e. The van der Waals surface area contributed by atoms with Crippen LogP contribution in [0.5, 0.6) is 17.2 Å². The van der Waals surface area contributed by atoms with Crippen LogP contribution in [0.15, 0.2) is 78.5 Å². The Morgan fingerprint density at radius 1 is 1.10 bits per heavy atom. The molecule has 0 radical (unpaired) electrons. The molecule has 1 aliphatic rings. The van der Waals surface area contributed by atoms with Crippen molar-refractivity contribution in [3.8, 4) is 17.2 Å². The van der Waals surface area contributed by atoms with Crippen molar-refractivity contribution in [2.75, 3.05) is 12.3 Å². The lowest BCUT2D eigenvalue weighted by atomic mass is 10.1. The number of thiocarbonyl (C=S) groups is 1. The minimum atomic E-state index is -4.76. The maximum Gasteiger partial charge on any atom is 0.573 e. The van der Waals surface area contributed by atoms with Crippen molar-refractivity contribution >= 4 is 40.3 Å². The summed E-state index contributed by atoms with van der Waals surface area (Å²) >= 11 is 6.70. The summed E-state index contributed by atoms with van der Waals surface area (Å²) in [5.74, 6) is 0.152. The zero-order valence-corrected chi connectivity index (χ0v) is 22.3. The summed E-state index contributed by atoms with van der Waals surface area (Å²) in [6, 6.07) is 20.4. The molecule has 1 N–H and O–H groups in total. The normalized spacial score (nSPS) is 15.3. The van der Waals surface area contributed by atoms with E-state index in [0.717, 1.165) is 16.8 Å².